The Hall–Kier alpha value is -4.40. The number of aromatic nitrogens is 2. The molecule has 2 aromatic carbocycles. The summed E-state index contributed by atoms with van der Waals surface area (Å²) in [7, 11) is 3.22. The van der Waals surface area contributed by atoms with Crippen LogP contribution in [0.4, 0.5) is 5.82 Å². The number of ether oxygens (including phenoxy) is 2. The number of anilines is 1. The molecule has 3 aromatic rings. The van der Waals surface area contributed by atoms with Crippen LogP contribution < -0.4 is 14.4 Å². The molecule has 9 nitrogen and oxygen atoms in total. The van der Waals surface area contributed by atoms with Crippen molar-refractivity contribution in [3.05, 3.63) is 78.9 Å². The summed E-state index contributed by atoms with van der Waals surface area (Å²) >= 11 is 0. The molecule has 0 atom stereocenters. The molecule has 1 aliphatic heterocycles. The lowest BCUT2D eigenvalue weighted by atomic mass is 10.1. The van der Waals surface area contributed by atoms with Crippen molar-refractivity contribution in [2.45, 2.75) is 12.8 Å². The van der Waals surface area contributed by atoms with Crippen molar-refractivity contribution in [2.24, 2.45) is 0 Å². The molecule has 0 N–H and O–H groups in total. The van der Waals surface area contributed by atoms with Crippen molar-refractivity contribution in [3.63, 3.8) is 0 Å². The molecule has 9 heteroatoms. The zero-order valence-electron chi connectivity index (χ0n) is 22.6. The number of carbonyl (C=O) groups is 2. The lowest BCUT2D eigenvalue weighted by Crippen LogP contribution is -2.44. The highest BCUT2D eigenvalue weighted by molar-refractivity contribution is 5.86. The highest BCUT2D eigenvalue weighted by Crippen LogP contribution is 2.32. The van der Waals surface area contributed by atoms with Crippen molar-refractivity contribution >= 4 is 17.6 Å². The Morgan fingerprint density at radius 2 is 1.79 bits per heavy atom. The Morgan fingerprint density at radius 1 is 0.974 bits per heavy atom. The number of carbonyl (C=O) groups excluding carboxylic acids is 2. The van der Waals surface area contributed by atoms with Crippen LogP contribution in [0.3, 0.4) is 0 Å². The predicted molar refractivity (Wildman–Crippen MR) is 151 cm³/mol. The third-order valence-corrected chi connectivity index (χ3v) is 6.73. The van der Waals surface area contributed by atoms with E-state index < -0.39 is 0 Å². The first-order valence-electron chi connectivity index (χ1n) is 13.0. The van der Waals surface area contributed by atoms with Gasteiger partial charge < -0.3 is 24.2 Å². The Labute approximate surface area is 229 Å². The standard InChI is InChI=1S/C30H35N5O4/c1-4-15-35(29(36)20-23-9-6-5-7-10-23)22-30(37)34-17-8-16-33(18-19-34)28-14-13-26(31-32-28)25-12-11-24(38-2)21-27(25)39-3/h4-7,9-14,21H,1,8,15-20,22H2,2-3H3. The molecule has 4 rings (SSSR count). The summed E-state index contributed by atoms with van der Waals surface area (Å²) in [5, 5.41) is 8.91. The van der Waals surface area contributed by atoms with Gasteiger partial charge in [-0.2, -0.15) is 0 Å². The third kappa shape index (κ3) is 7.13. The van der Waals surface area contributed by atoms with E-state index in [1.807, 2.05) is 65.6 Å². The Bertz CT molecular complexity index is 1270. The fourth-order valence-electron chi connectivity index (χ4n) is 4.60. The average Bonchev–Trinajstić information content (AvgIpc) is 3.24. The Kier molecular flexibility index (Phi) is 9.50. The van der Waals surface area contributed by atoms with Crippen molar-refractivity contribution in [1.29, 1.82) is 0 Å². The maximum absolute atomic E-state index is 13.2. The van der Waals surface area contributed by atoms with Crippen LogP contribution in [-0.4, -0.2) is 85.3 Å². The van der Waals surface area contributed by atoms with Crippen LogP contribution in [-0.2, 0) is 16.0 Å². The minimum Gasteiger partial charge on any atom is -0.497 e. The molecular weight excluding hydrogens is 494 g/mol. The molecule has 2 heterocycles. The lowest BCUT2D eigenvalue weighted by Gasteiger charge is -2.26. The maximum Gasteiger partial charge on any atom is 0.242 e. The van der Waals surface area contributed by atoms with Crippen LogP contribution in [0.15, 0.2) is 73.3 Å². The molecule has 1 aromatic heterocycles. The van der Waals surface area contributed by atoms with Crippen LogP contribution in [0.1, 0.15) is 12.0 Å². The monoisotopic (exact) mass is 529 g/mol. The molecule has 1 fully saturated rings. The van der Waals surface area contributed by atoms with Crippen LogP contribution in [0.2, 0.25) is 0 Å². The number of methoxy groups -OCH3 is 2. The van der Waals surface area contributed by atoms with Crippen molar-refractivity contribution in [1.82, 2.24) is 20.0 Å². The normalized spacial score (nSPS) is 13.4. The first-order chi connectivity index (χ1) is 19.0. The van der Waals surface area contributed by atoms with Crippen molar-refractivity contribution in [3.8, 4) is 22.8 Å². The quantitative estimate of drug-likeness (QED) is 0.372. The summed E-state index contributed by atoms with van der Waals surface area (Å²) in [5.41, 5.74) is 2.45. The van der Waals surface area contributed by atoms with E-state index in [-0.39, 0.29) is 24.8 Å². The van der Waals surface area contributed by atoms with Gasteiger partial charge in [0.15, 0.2) is 5.82 Å². The second-order valence-corrected chi connectivity index (χ2v) is 9.29. The first kappa shape index (κ1) is 27.6. The molecule has 0 saturated carbocycles. The van der Waals surface area contributed by atoms with Gasteiger partial charge in [0.25, 0.3) is 0 Å². The molecular formula is C30H35N5O4. The maximum atomic E-state index is 13.2. The first-order valence-corrected chi connectivity index (χ1v) is 13.0. The summed E-state index contributed by atoms with van der Waals surface area (Å²) in [5.74, 6) is 1.97. The van der Waals surface area contributed by atoms with Gasteiger partial charge in [-0.25, -0.2) is 0 Å². The van der Waals surface area contributed by atoms with Crippen LogP contribution in [0.25, 0.3) is 11.3 Å². The number of hydrogen-bond acceptors (Lipinski definition) is 7. The van der Waals surface area contributed by atoms with E-state index in [9.17, 15) is 9.59 Å². The summed E-state index contributed by atoms with van der Waals surface area (Å²) in [6.45, 7) is 6.69. The van der Waals surface area contributed by atoms with E-state index in [0.29, 0.717) is 43.4 Å². The second kappa shape index (κ2) is 13.4. The number of amides is 2. The number of nitrogens with zero attached hydrogens (tertiary/aromatic N) is 5. The Morgan fingerprint density at radius 3 is 2.49 bits per heavy atom. The topological polar surface area (TPSA) is 88.1 Å². The van der Waals surface area contributed by atoms with E-state index >= 15 is 0 Å². The van der Waals surface area contributed by atoms with Gasteiger partial charge in [-0.15, -0.1) is 16.8 Å². The molecule has 0 spiro atoms. The zero-order chi connectivity index (χ0) is 27.6. The highest BCUT2D eigenvalue weighted by atomic mass is 16.5. The zero-order valence-corrected chi connectivity index (χ0v) is 22.6. The smallest absolute Gasteiger partial charge is 0.242 e. The Balaban J connectivity index is 1.36. The summed E-state index contributed by atoms with van der Waals surface area (Å²) in [6.07, 6.45) is 2.71. The molecule has 0 unspecified atom stereocenters. The van der Waals surface area contributed by atoms with E-state index in [1.54, 1.807) is 25.2 Å². The molecule has 2 amide bonds. The van der Waals surface area contributed by atoms with Gasteiger partial charge >= 0.3 is 0 Å². The number of rotatable bonds is 10. The minimum absolute atomic E-state index is 0.0376. The van der Waals surface area contributed by atoms with Crippen molar-refractivity contribution < 1.29 is 19.1 Å². The molecule has 1 saturated heterocycles. The van der Waals surface area contributed by atoms with E-state index in [2.05, 4.69) is 21.7 Å². The van der Waals surface area contributed by atoms with Crippen LogP contribution >= 0.6 is 0 Å². The molecule has 0 aliphatic carbocycles. The van der Waals surface area contributed by atoms with E-state index in [0.717, 1.165) is 29.9 Å². The van der Waals surface area contributed by atoms with Crippen LogP contribution in [0, 0.1) is 0 Å². The fourth-order valence-corrected chi connectivity index (χ4v) is 4.60. The molecule has 0 radical (unpaired) electrons. The van der Waals surface area contributed by atoms with Crippen LogP contribution in [0.5, 0.6) is 11.5 Å². The largest absolute Gasteiger partial charge is 0.497 e. The lowest BCUT2D eigenvalue weighted by molar-refractivity contribution is -0.139. The number of benzene rings is 2. The SMILES string of the molecule is C=CCN(CC(=O)N1CCCN(c2ccc(-c3ccc(OC)cc3OC)nn2)CC1)C(=O)Cc1ccccc1. The van der Waals surface area contributed by atoms with Gasteiger partial charge in [-0.3, -0.25) is 9.59 Å². The van der Waals surface area contributed by atoms with Gasteiger partial charge in [0.1, 0.15) is 18.0 Å². The molecule has 204 valence electrons. The summed E-state index contributed by atoms with van der Waals surface area (Å²) in [6, 6.07) is 19.0. The summed E-state index contributed by atoms with van der Waals surface area (Å²) < 4.78 is 10.8. The van der Waals surface area contributed by atoms with Gasteiger partial charge in [-0.1, -0.05) is 36.4 Å². The van der Waals surface area contributed by atoms with Gasteiger partial charge in [0.2, 0.25) is 11.8 Å². The van der Waals surface area contributed by atoms with Gasteiger partial charge in [-0.05, 0) is 36.2 Å². The van der Waals surface area contributed by atoms with E-state index in [1.165, 1.54) is 0 Å². The molecule has 1 aliphatic rings. The second-order valence-electron chi connectivity index (χ2n) is 9.29. The highest BCUT2D eigenvalue weighted by Gasteiger charge is 2.24. The summed E-state index contributed by atoms with van der Waals surface area (Å²) in [4.78, 5) is 31.6. The number of hydrogen-bond donors (Lipinski definition) is 0. The molecule has 39 heavy (non-hydrogen) atoms. The molecule has 0 bridgehead atoms. The average molecular weight is 530 g/mol. The fraction of sp³-hybridized carbons (Fsp3) is 0.333. The van der Waals surface area contributed by atoms with Crippen molar-refractivity contribution in [2.75, 3.05) is 58.4 Å². The van der Waals surface area contributed by atoms with E-state index in [4.69, 9.17) is 9.47 Å². The minimum atomic E-state index is -0.0882. The van der Waals surface area contributed by atoms with Gasteiger partial charge in [0, 0.05) is 44.4 Å². The third-order valence-electron chi connectivity index (χ3n) is 6.73. The predicted octanol–water partition coefficient (Wildman–Crippen LogP) is 3.46. The van der Waals surface area contributed by atoms with Gasteiger partial charge in [0.05, 0.1) is 26.3 Å².